The van der Waals surface area contributed by atoms with Crippen molar-refractivity contribution in [2.24, 2.45) is 5.92 Å². The maximum atomic E-state index is 14.2. The van der Waals surface area contributed by atoms with Crippen molar-refractivity contribution in [1.82, 2.24) is 9.29 Å². The zero-order chi connectivity index (χ0) is 25.4. The van der Waals surface area contributed by atoms with Gasteiger partial charge in [-0.25, -0.2) is 22.2 Å². The second kappa shape index (κ2) is 10.1. The van der Waals surface area contributed by atoms with Crippen LogP contribution in [-0.4, -0.2) is 56.0 Å². The van der Waals surface area contributed by atoms with Crippen LogP contribution in [0.25, 0.3) is 10.2 Å². The Hall–Kier alpha value is -2.47. The minimum atomic E-state index is -4.21. The lowest BCUT2D eigenvalue weighted by Gasteiger charge is -2.33. The summed E-state index contributed by atoms with van der Waals surface area (Å²) in [6.45, 7) is 3.13. The third kappa shape index (κ3) is 4.89. The van der Waals surface area contributed by atoms with Crippen LogP contribution < -0.4 is 4.90 Å². The number of hydrogen-bond acceptors (Lipinski definition) is 6. The number of halogens is 2. The van der Waals surface area contributed by atoms with Crippen molar-refractivity contribution in [3.63, 3.8) is 0 Å². The summed E-state index contributed by atoms with van der Waals surface area (Å²) in [6, 6.07) is 8.30. The van der Waals surface area contributed by atoms with Crippen molar-refractivity contribution in [1.29, 1.82) is 0 Å². The fourth-order valence-electron chi connectivity index (χ4n) is 4.82. The summed E-state index contributed by atoms with van der Waals surface area (Å²) >= 11 is 1.46. The van der Waals surface area contributed by atoms with Gasteiger partial charge in [-0.15, -0.1) is 0 Å². The molecule has 1 atom stereocenters. The summed E-state index contributed by atoms with van der Waals surface area (Å²) < 4.78 is 61.6. The van der Waals surface area contributed by atoms with Gasteiger partial charge in [0, 0.05) is 25.6 Å². The monoisotopic (exact) mass is 535 g/mol. The second-order valence-corrected chi connectivity index (χ2v) is 12.2. The number of fused-ring (bicyclic) bond motifs is 1. The molecule has 0 saturated carbocycles. The van der Waals surface area contributed by atoms with Crippen LogP contribution in [0.4, 0.5) is 13.9 Å². The smallest absolute Gasteiger partial charge is 0.246 e. The molecule has 0 aliphatic carbocycles. The van der Waals surface area contributed by atoms with E-state index in [-0.39, 0.29) is 37.9 Å². The molecule has 2 fully saturated rings. The molecule has 36 heavy (non-hydrogen) atoms. The predicted octanol–water partition coefficient (Wildman–Crippen LogP) is 4.50. The average molecular weight is 536 g/mol. The molecule has 5 rings (SSSR count). The Kier molecular flexibility index (Phi) is 7.08. The van der Waals surface area contributed by atoms with Crippen molar-refractivity contribution in [2.45, 2.75) is 43.6 Å². The zero-order valence-electron chi connectivity index (χ0n) is 19.8. The molecule has 3 aromatic rings. The van der Waals surface area contributed by atoms with Crippen LogP contribution >= 0.6 is 11.3 Å². The number of anilines is 1. The fraction of sp³-hybridized carbons (Fsp3) is 0.440. The lowest BCUT2D eigenvalue weighted by molar-refractivity contribution is -0.123. The van der Waals surface area contributed by atoms with Crippen LogP contribution in [0, 0.1) is 24.5 Å². The van der Waals surface area contributed by atoms with Gasteiger partial charge >= 0.3 is 0 Å². The number of sulfonamides is 1. The molecule has 2 aliphatic rings. The van der Waals surface area contributed by atoms with Crippen LogP contribution in [0.1, 0.15) is 31.2 Å². The number of benzene rings is 2. The number of aryl methyl sites for hydroxylation is 1. The highest BCUT2D eigenvalue weighted by Gasteiger charge is 2.37. The second-order valence-electron chi connectivity index (χ2n) is 9.26. The van der Waals surface area contributed by atoms with Gasteiger partial charge in [0.15, 0.2) is 5.13 Å². The molecule has 2 aliphatic heterocycles. The summed E-state index contributed by atoms with van der Waals surface area (Å²) in [4.78, 5) is 19.5. The van der Waals surface area contributed by atoms with E-state index in [0.29, 0.717) is 24.3 Å². The number of ether oxygens (including phenoxy) is 1. The Labute approximate surface area is 212 Å². The van der Waals surface area contributed by atoms with Crippen molar-refractivity contribution in [3.8, 4) is 0 Å². The van der Waals surface area contributed by atoms with E-state index >= 15 is 0 Å². The minimum Gasteiger partial charge on any atom is -0.376 e. The Morgan fingerprint density at radius 3 is 2.67 bits per heavy atom. The highest BCUT2D eigenvalue weighted by Crippen LogP contribution is 2.34. The van der Waals surface area contributed by atoms with Crippen LogP contribution in [0.5, 0.6) is 0 Å². The van der Waals surface area contributed by atoms with Crippen LogP contribution in [0.15, 0.2) is 41.3 Å². The Balaban J connectivity index is 1.35. The largest absolute Gasteiger partial charge is 0.376 e. The first kappa shape index (κ1) is 25.2. The molecule has 0 bridgehead atoms. The first-order chi connectivity index (χ1) is 17.2. The molecule has 1 unspecified atom stereocenters. The van der Waals surface area contributed by atoms with Gasteiger partial charge in [0.2, 0.25) is 15.9 Å². The van der Waals surface area contributed by atoms with Gasteiger partial charge < -0.3 is 4.74 Å². The molecule has 7 nitrogen and oxygen atoms in total. The maximum Gasteiger partial charge on any atom is 0.246 e. The number of hydrogen-bond donors (Lipinski definition) is 0. The molecule has 2 aromatic carbocycles. The maximum absolute atomic E-state index is 14.2. The summed E-state index contributed by atoms with van der Waals surface area (Å²) in [6.07, 6.45) is 2.29. The number of aromatic nitrogens is 1. The fourth-order valence-corrected chi connectivity index (χ4v) is 7.43. The summed E-state index contributed by atoms with van der Waals surface area (Å²) in [5, 5.41) is 0.608. The SMILES string of the molecule is Cc1cccc2sc(N(CC3CCCO3)C(=O)C3CCN(S(=O)(=O)c4cc(F)ccc4F)CC3)nc12. The van der Waals surface area contributed by atoms with E-state index in [1.807, 2.05) is 25.1 Å². The summed E-state index contributed by atoms with van der Waals surface area (Å²) in [7, 11) is -4.21. The van der Waals surface area contributed by atoms with Crippen molar-refractivity contribution in [3.05, 3.63) is 53.6 Å². The molecule has 1 amide bonds. The van der Waals surface area contributed by atoms with E-state index in [1.165, 1.54) is 11.3 Å². The van der Waals surface area contributed by atoms with E-state index < -0.39 is 32.5 Å². The first-order valence-corrected chi connectivity index (χ1v) is 14.2. The van der Waals surface area contributed by atoms with Gasteiger partial charge in [0.05, 0.1) is 22.9 Å². The molecule has 0 spiro atoms. The van der Waals surface area contributed by atoms with Crippen molar-refractivity contribution in [2.75, 3.05) is 31.1 Å². The van der Waals surface area contributed by atoms with Gasteiger partial charge in [-0.1, -0.05) is 23.5 Å². The summed E-state index contributed by atoms with van der Waals surface area (Å²) in [5.41, 5.74) is 1.89. The minimum absolute atomic E-state index is 0.0431. The van der Waals surface area contributed by atoms with Gasteiger partial charge in [-0.3, -0.25) is 9.69 Å². The number of amides is 1. The molecule has 3 heterocycles. The van der Waals surface area contributed by atoms with E-state index in [9.17, 15) is 22.0 Å². The van der Waals surface area contributed by atoms with Crippen LogP contribution in [0.3, 0.4) is 0 Å². The van der Waals surface area contributed by atoms with Crippen molar-refractivity contribution >= 4 is 42.6 Å². The number of thiazole rings is 1. The number of rotatable bonds is 6. The molecule has 0 N–H and O–H groups in total. The van der Waals surface area contributed by atoms with Gasteiger partial charge in [-0.05, 0) is 62.4 Å². The highest BCUT2D eigenvalue weighted by atomic mass is 32.2. The van der Waals surface area contributed by atoms with Crippen LogP contribution in [-0.2, 0) is 19.6 Å². The van der Waals surface area contributed by atoms with E-state index in [0.717, 1.165) is 45.1 Å². The highest BCUT2D eigenvalue weighted by molar-refractivity contribution is 7.89. The Bertz CT molecular complexity index is 1380. The number of carbonyl (C=O) groups is 1. The third-order valence-corrected chi connectivity index (χ3v) is 9.79. The van der Waals surface area contributed by atoms with E-state index in [1.54, 1.807) is 4.90 Å². The first-order valence-electron chi connectivity index (χ1n) is 12.0. The predicted molar refractivity (Wildman–Crippen MR) is 134 cm³/mol. The lowest BCUT2D eigenvalue weighted by Crippen LogP contribution is -2.46. The molecule has 2 saturated heterocycles. The topological polar surface area (TPSA) is 79.8 Å². The third-order valence-electron chi connectivity index (χ3n) is 6.83. The quantitative estimate of drug-likeness (QED) is 0.465. The van der Waals surface area contributed by atoms with E-state index in [4.69, 9.17) is 9.72 Å². The summed E-state index contributed by atoms with van der Waals surface area (Å²) in [5.74, 6) is -2.35. The average Bonchev–Trinajstić information content (AvgIpc) is 3.54. The van der Waals surface area contributed by atoms with Gasteiger partial charge in [-0.2, -0.15) is 4.31 Å². The number of nitrogens with zero attached hydrogens (tertiary/aromatic N) is 3. The molecule has 0 radical (unpaired) electrons. The van der Waals surface area contributed by atoms with Crippen LogP contribution in [0.2, 0.25) is 0 Å². The Morgan fingerprint density at radius 2 is 1.97 bits per heavy atom. The lowest BCUT2D eigenvalue weighted by atomic mass is 9.96. The van der Waals surface area contributed by atoms with Gasteiger partial charge in [0.1, 0.15) is 16.5 Å². The van der Waals surface area contributed by atoms with E-state index in [2.05, 4.69) is 0 Å². The molecule has 11 heteroatoms. The zero-order valence-corrected chi connectivity index (χ0v) is 21.5. The molecule has 192 valence electrons. The molecule has 1 aromatic heterocycles. The normalized spacial score (nSPS) is 19.7. The number of piperidine rings is 1. The van der Waals surface area contributed by atoms with Crippen molar-refractivity contribution < 1.29 is 26.7 Å². The number of para-hydroxylation sites is 1. The number of carbonyl (C=O) groups excluding carboxylic acids is 1. The standard InChI is InChI=1S/C25H27F2N3O4S2/c1-16-4-2-6-21-23(16)28-25(35-21)30(15-19-5-3-13-34-19)24(31)17-9-11-29(12-10-17)36(32,33)22-14-18(26)7-8-20(22)27/h2,4,6-8,14,17,19H,3,5,9-13,15H2,1H3. The molecular formula is C25H27F2N3O4S2. The van der Waals surface area contributed by atoms with Gasteiger partial charge in [0.25, 0.3) is 0 Å². The molecular weight excluding hydrogens is 508 g/mol. The Morgan fingerprint density at radius 1 is 1.19 bits per heavy atom.